The minimum atomic E-state index is -0.380. The summed E-state index contributed by atoms with van der Waals surface area (Å²) in [6.07, 6.45) is 0.151. The molecule has 0 aliphatic heterocycles. The highest BCUT2D eigenvalue weighted by Crippen LogP contribution is 2.21. The first-order valence-corrected chi connectivity index (χ1v) is 6.37. The summed E-state index contributed by atoms with van der Waals surface area (Å²) in [7, 11) is 1.32. The molecule has 2 rings (SSSR count). The number of rotatable bonds is 4. The smallest absolute Gasteiger partial charge is 0.310 e. The molecule has 98 valence electrons. The van der Waals surface area contributed by atoms with Gasteiger partial charge in [0.1, 0.15) is 5.82 Å². The molecule has 0 saturated carbocycles. The van der Waals surface area contributed by atoms with E-state index in [1.807, 2.05) is 0 Å². The van der Waals surface area contributed by atoms with Gasteiger partial charge in [0.2, 0.25) is 5.78 Å². The molecule has 0 bridgehead atoms. The van der Waals surface area contributed by atoms with Crippen molar-refractivity contribution in [2.45, 2.75) is 6.42 Å². The molecule has 0 aliphatic rings. The monoisotopic (exact) mass is 278 g/mol. The number of benzene rings is 1. The number of hydrogen-bond acceptors (Lipinski definition) is 4. The third-order valence-corrected chi connectivity index (χ3v) is 3.62. The van der Waals surface area contributed by atoms with Gasteiger partial charge in [0, 0.05) is 10.4 Å². The molecule has 0 atom stereocenters. The van der Waals surface area contributed by atoms with Crippen molar-refractivity contribution in [3.05, 3.63) is 57.5 Å². The molecule has 0 saturated heterocycles. The Labute approximate surface area is 113 Å². The van der Waals surface area contributed by atoms with Crippen LogP contribution < -0.4 is 0 Å². The minimum absolute atomic E-state index is 0.151. The Bertz CT molecular complexity index is 601. The predicted molar refractivity (Wildman–Crippen MR) is 69.9 cm³/mol. The average Bonchev–Trinajstić information content (AvgIpc) is 2.87. The lowest BCUT2D eigenvalue weighted by molar-refractivity contribution is -0.139. The molecule has 0 unspecified atom stereocenters. The van der Waals surface area contributed by atoms with Crippen molar-refractivity contribution in [3.8, 4) is 0 Å². The molecule has 0 spiro atoms. The molecule has 2 aromatic rings. The molecular formula is C14H11FO3S. The fourth-order valence-electron chi connectivity index (χ4n) is 1.55. The molecule has 3 nitrogen and oxygen atoms in total. The van der Waals surface area contributed by atoms with Gasteiger partial charge < -0.3 is 4.74 Å². The van der Waals surface area contributed by atoms with E-state index in [1.54, 1.807) is 12.1 Å². The van der Waals surface area contributed by atoms with Gasteiger partial charge in [-0.3, -0.25) is 9.59 Å². The topological polar surface area (TPSA) is 43.4 Å². The predicted octanol–water partition coefficient (Wildman–Crippen LogP) is 2.83. The molecule has 0 amide bonds. The standard InChI is InChI=1S/C14H11FO3S/c1-18-13(16)8-11-6-7-12(19-11)14(17)9-2-4-10(15)5-3-9/h2-7H,8H2,1H3. The van der Waals surface area contributed by atoms with E-state index in [4.69, 9.17) is 0 Å². The summed E-state index contributed by atoms with van der Waals surface area (Å²) in [4.78, 5) is 24.5. The van der Waals surface area contributed by atoms with E-state index < -0.39 is 0 Å². The van der Waals surface area contributed by atoms with Crippen molar-refractivity contribution in [2.75, 3.05) is 7.11 Å². The molecule has 1 aromatic carbocycles. The lowest BCUT2D eigenvalue weighted by atomic mass is 10.1. The molecular weight excluding hydrogens is 267 g/mol. The number of esters is 1. The van der Waals surface area contributed by atoms with Crippen molar-refractivity contribution in [1.82, 2.24) is 0 Å². The molecule has 0 N–H and O–H groups in total. The van der Waals surface area contributed by atoms with Gasteiger partial charge in [0.15, 0.2) is 0 Å². The van der Waals surface area contributed by atoms with Crippen LogP contribution in [0.15, 0.2) is 36.4 Å². The second-order valence-corrected chi connectivity index (χ2v) is 5.02. The van der Waals surface area contributed by atoms with Crippen LogP contribution in [0.25, 0.3) is 0 Å². The van der Waals surface area contributed by atoms with E-state index in [2.05, 4.69) is 4.74 Å². The van der Waals surface area contributed by atoms with Crippen LogP contribution >= 0.6 is 11.3 Å². The number of carbonyl (C=O) groups excluding carboxylic acids is 2. The quantitative estimate of drug-likeness (QED) is 0.638. The van der Waals surface area contributed by atoms with E-state index in [-0.39, 0.29) is 24.0 Å². The minimum Gasteiger partial charge on any atom is -0.469 e. The van der Waals surface area contributed by atoms with Gasteiger partial charge in [0.05, 0.1) is 18.4 Å². The summed E-state index contributed by atoms with van der Waals surface area (Å²) in [5.74, 6) is -0.905. The molecule has 0 aliphatic carbocycles. The van der Waals surface area contributed by atoms with Crippen LogP contribution in [0.4, 0.5) is 4.39 Å². The first-order valence-electron chi connectivity index (χ1n) is 5.56. The van der Waals surface area contributed by atoms with Gasteiger partial charge in [-0.25, -0.2) is 4.39 Å². The fraction of sp³-hybridized carbons (Fsp3) is 0.143. The Balaban J connectivity index is 2.16. The molecule has 0 radical (unpaired) electrons. The molecule has 1 heterocycles. The first kappa shape index (κ1) is 13.4. The number of ether oxygens (including phenoxy) is 1. The van der Waals surface area contributed by atoms with Crippen molar-refractivity contribution in [2.24, 2.45) is 0 Å². The van der Waals surface area contributed by atoms with Crippen LogP contribution in [-0.2, 0) is 16.0 Å². The maximum atomic E-state index is 12.8. The van der Waals surface area contributed by atoms with Crippen LogP contribution in [0, 0.1) is 5.82 Å². The Morgan fingerprint density at radius 3 is 2.47 bits per heavy atom. The largest absolute Gasteiger partial charge is 0.469 e. The number of ketones is 1. The summed E-state index contributed by atoms with van der Waals surface area (Å²) in [5, 5.41) is 0. The summed E-state index contributed by atoms with van der Waals surface area (Å²) < 4.78 is 17.3. The Morgan fingerprint density at radius 1 is 1.16 bits per heavy atom. The van der Waals surface area contributed by atoms with E-state index >= 15 is 0 Å². The van der Waals surface area contributed by atoms with Crippen molar-refractivity contribution >= 4 is 23.1 Å². The zero-order valence-corrected chi connectivity index (χ0v) is 11.0. The zero-order valence-electron chi connectivity index (χ0n) is 10.2. The highest BCUT2D eigenvalue weighted by Gasteiger charge is 2.13. The third kappa shape index (κ3) is 3.26. The highest BCUT2D eigenvalue weighted by atomic mass is 32.1. The normalized spacial score (nSPS) is 10.2. The number of methoxy groups -OCH3 is 1. The van der Waals surface area contributed by atoms with Gasteiger partial charge in [-0.2, -0.15) is 0 Å². The fourth-order valence-corrected chi connectivity index (χ4v) is 2.51. The van der Waals surface area contributed by atoms with Gasteiger partial charge in [-0.05, 0) is 36.4 Å². The summed E-state index contributed by atoms with van der Waals surface area (Å²) >= 11 is 1.24. The van der Waals surface area contributed by atoms with Crippen molar-refractivity contribution in [3.63, 3.8) is 0 Å². The summed E-state index contributed by atoms with van der Waals surface area (Å²) in [6, 6.07) is 8.76. The van der Waals surface area contributed by atoms with Crippen LogP contribution in [-0.4, -0.2) is 18.9 Å². The average molecular weight is 278 g/mol. The Hall–Kier alpha value is -2.01. The summed E-state index contributed by atoms with van der Waals surface area (Å²) in [6.45, 7) is 0. The maximum Gasteiger partial charge on any atom is 0.310 e. The number of halogens is 1. The number of thiophene rings is 1. The van der Waals surface area contributed by atoms with E-state index in [1.165, 1.54) is 42.7 Å². The van der Waals surface area contributed by atoms with Crippen LogP contribution in [0.3, 0.4) is 0 Å². The van der Waals surface area contributed by atoms with Crippen molar-refractivity contribution < 1.29 is 18.7 Å². The second kappa shape index (κ2) is 5.75. The van der Waals surface area contributed by atoms with Gasteiger partial charge in [-0.1, -0.05) is 0 Å². The second-order valence-electron chi connectivity index (χ2n) is 3.85. The first-order chi connectivity index (χ1) is 9.10. The number of carbonyl (C=O) groups is 2. The van der Waals surface area contributed by atoms with E-state index in [9.17, 15) is 14.0 Å². The molecule has 19 heavy (non-hydrogen) atoms. The summed E-state index contributed by atoms with van der Waals surface area (Å²) in [5.41, 5.74) is 0.424. The number of hydrogen-bond donors (Lipinski definition) is 0. The molecule has 0 fully saturated rings. The van der Waals surface area contributed by atoms with Gasteiger partial charge >= 0.3 is 5.97 Å². The lowest BCUT2D eigenvalue weighted by Crippen LogP contribution is -2.02. The maximum absolute atomic E-state index is 12.8. The highest BCUT2D eigenvalue weighted by molar-refractivity contribution is 7.14. The zero-order chi connectivity index (χ0) is 13.8. The Morgan fingerprint density at radius 2 is 1.84 bits per heavy atom. The Kier molecular flexibility index (Phi) is 4.06. The van der Waals surface area contributed by atoms with E-state index in [0.29, 0.717) is 10.4 Å². The van der Waals surface area contributed by atoms with Crippen LogP contribution in [0.5, 0.6) is 0 Å². The van der Waals surface area contributed by atoms with Crippen LogP contribution in [0.2, 0.25) is 0 Å². The third-order valence-electron chi connectivity index (χ3n) is 2.54. The van der Waals surface area contributed by atoms with Crippen molar-refractivity contribution in [1.29, 1.82) is 0 Å². The lowest BCUT2D eigenvalue weighted by Gasteiger charge is -1.98. The molecule has 1 aromatic heterocycles. The molecule has 5 heteroatoms. The van der Waals surface area contributed by atoms with Gasteiger partial charge in [-0.15, -0.1) is 11.3 Å². The van der Waals surface area contributed by atoms with Gasteiger partial charge in [0.25, 0.3) is 0 Å². The van der Waals surface area contributed by atoms with E-state index in [0.717, 1.165) is 4.88 Å². The van der Waals surface area contributed by atoms with Crippen LogP contribution in [0.1, 0.15) is 20.1 Å². The SMILES string of the molecule is COC(=O)Cc1ccc(C(=O)c2ccc(F)cc2)s1.